The molecular formula is C17H25N3O2. The second kappa shape index (κ2) is 7.09. The maximum atomic E-state index is 12.1. The lowest BCUT2D eigenvalue weighted by atomic mass is 10.0. The van der Waals surface area contributed by atoms with Gasteiger partial charge in [0.25, 0.3) is 0 Å². The molecule has 1 aromatic rings. The minimum absolute atomic E-state index is 0.000880. The highest BCUT2D eigenvalue weighted by atomic mass is 16.3. The minimum atomic E-state index is -0.0942. The molecule has 1 unspecified atom stereocenters. The number of aromatic nitrogens is 1. The van der Waals surface area contributed by atoms with E-state index in [1.165, 1.54) is 25.7 Å². The standard InChI is InChI=1S/C17H25N3O2/c21-11-12(9-15-3-1-2-8-18-15)10-19-17(22)20-16(13-4-5-13)14-6-7-14/h1-3,8,12-14,16,21H,4-7,9-11H2,(H2,19,20,22). The van der Waals surface area contributed by atoms with Crippen LogP contribution in [0.15, 0.2) is 24.4 Å². The van der Waals surface area contributed by atoms with Gasteiger partial charge >= 0.3 is 6.03 Å². The van der Waals surface area contributed by atoms with Crippen LogP contribution in [0.25, 0.3) is 0 Å². The number of hydrogen-bond donors (Lipinski definition) is 3. The summed E-state index contributed by atoms with van der Waals surface area (Å²) in [5, 5.41) is 15.5. The fraction of sp³-hybridized carbons (Fsp3) is 0.647. The van der Waals surface area contributed by atoms with E-state index >= 15 is 0 Å². The third kappa shape index (κ3) is 4.44. The molecule has 2 aliphatic rings. The summed E-state index contributed by atoms with van der Waals surface area (Å²) in [6, 6.07) is 6.02. The molecule has 0 aromatic carbocycles. The molecule has 2 fully saturated rings. The normalized spacial score (nSPS) is 19.0. The maximum Gasteiger partial charge on any atom is 0.315 e. The van der Waals surface area contributed by atoms with Crippen molar-refractivity contribution >= 4 is 6.03 Å². The van der Waals surface area contributed by atoms with Crippen LogP contribution in [0.1, 0.15) is 31.4 Å². The number of hydrogen-bond acceptors (Lipinski definition) is 3. The Morgan fingerprint density at radius 1 is 1.27 bits per heavy atom. The Kier molecular flexibility index (Phi) is 4.93. The Balaban J connectivity index is 1.42. The van der Waals surface area contributed by atoms with Crippen molar-refractivity contribution in [1.29, 1.82) is 0 Å². The number of rotatable bonds is 8. The zero-order valence-electron chi connectivity index (χ0n) is 12.9. The number of aliphatic hydroxyl groups excluding tert-OH is 1. The van der Waals surface area contributed by atoms with Crippen molar-refractivity contribution in [2.45, 2.75) is 38.1 Å². The molecule has 3 rings (SSSR count). The Morgan fingerprint density at radius 2 is 2.00 bits per heavy atom. The van der Waals surface area contributed by atoms with E-state index in [4.69, 9.17) is 0 Å². The van der Waals surface area contributed by atoms with Gasteiger partial charge in [-0.2, -0.15) is 0 Å². The van der Waals surface area contributed by atoms with Crippen molar-refractivity contribution in [3.63, 3.8) is 0 Å². The van der Waals surface area contributed by atoms with Gasteiger partial charge in [0.1, 0.15) is 0 Å². The monoisotopic (exact) mass is 303 g/mol. The highest BCUT2D eigenvalue weighted by Crippen LogP contribution is 2.44. The second-order valence-electron chi connectivity index (χ2n) is 6.63. The first-order chi connectivity index (χ1) is 10.8. The van der Waals surface area contributed by atoms with Crippen LogP contribution in [0.2, 0.25) is 0 Å². The third-order valence-corrected chi connectivity index (χ3v) is 4.59. The van der Waals surface area contributed by atoms with Crippen molar-refractivity contribution < 1.29 is 9.90 Å². The van der Waals surface area contributed by atoms with Crippen LogP contribution in [0.3, 0.4) is 0 Å². The molecule has 5 nitrogen and oxygen atoms in total. The smallest absolute Gasteiger partial charge is 0.315 e. The second-order valence-corrected chi connectivity index (χ2v) is 6.63. The molecular weight excluding hydrogens is 278 g/mol. The lowest BCUT2D eigenvalue weighted by Gasteiger charge is -2.20. The van der Waals surface area contributed by atoms with Crippen molar-refractivity contribution in [3.8, 4) is 0 Å². The van der Waals surface area contributed by atoms with E-state index in [9.17, 15) is 9.90 Å². The first-order valence-electron chi connectivity index (χ1n) is 8.31. The molecule has 22 heavy (non-hydrogen) atoms. The topological polar surface area (TPSA) is 74.2 Å². The zero-order chi connectivity index (χ0) is 15.4. The Hall–Kier alpha value is -1.62. The van der Waals surface area contributed by atoms with Gasteiger partial charge in [-0.1, -0.05) is 6.07 Å². The van der Waals surface area contributed by atoms with E-state index in [2.05, 4.69) is 15.6 Å². The fourth-order valence-corrected chi connectivity index (χ4v) is 2.99. The number of carbonyl (C=O) groups is 1. The van der Waals surface area contributed by atoms with Crippen LogP contribution < -0.4 is 10.6 Å². The molecule has 1 heterocycles. The van der Waals surface area contributed by atoms with Gasteiger partial charge in [0.2, 0.25) is 0 Å². The third-order valence-electron chi connectivity index (χ3n) is 4.59. The average molecular weight is 303 g/mol. The van der Waals surface area contributed by atoms with Gasteiger partial charge in [-0.15, -0.1) is 0 Å². The van der Waals surface area contributed by atoms with Crippen LogP contribution >= 0.6 is 0 Å². The van der Waals surface area contributed by atoms with Gasteiger partial charge in [0.05, 0.1) is 0 Å². The largest absolute Gasteiger partial charge is 0.396 e. The first-order valence-corrected chi connectivity index (χ1v) is 8.31. The summed E-state index contributed by atoms with van der Waals surface area (Å²) in [6.45, 7) is 0.520. The lowest BCUT2D eigenvalue weighted by molar-refractivity contribution is 0.210. The summed E-state index contributed by atoms with van der Waals surface area (Å²) < 4.78 is 0. The summed E-state index contributed by atoms with van der Waals surface area (Å²) in [4.78, 5) is 16.3. The van der Waals surface area contributed by atoms with E-state index in [1.807, 2.05) is 18.2 Å². The number of aliphatic hydroxyl groups is 1. The molecule has 0 saturated heterocycles. The predicted molar refractivity (Wildman–Crippen MR) is 84.3 cm³/mol. The quantitative estimate of drug-likeness (QED) is 0.684. The fourth-order valence-electron chi connectivity index (χ4n) is 2.99. The number of amides is 2. The van der Waals surface area contributed by atoms with E-state index in [0.29, 0.717) is 30.8 Å². The van der Waals surface area contributed by atoms with E-state index in [1.54, 1.807) is 6.20 Å². The van der Waals surface area contributed by atoms with Gasteiger partial charge in [-0.3, -0.25) is 4.98 Å². The number of pyridine rings is 1. The zero-order valence-corrected chi connectivity index (χ0v) is 12.9. The first kappa shape index (κ1) is 15.3. The molecule has 2 aliphatic carbocycles. The Morgan fingerprint density at radius 3 is 2.55 bits per heavy atom. The summed E-state index contributed by atoms with van der Waals surface area (Å²) in [7, 11) is 0. The van der Waals surface area contributed by atoms with Crippen molar-refractivity contribution in [2.75, 3.05) is 13.2 Å². The number of urea groups is 1. The van der Waals surface area contributed by atoms with E-state index < -0.39 is 0 Å². The van der Waals surface area contributed by atoms with Crippen LogP contribution in [-0.4, -0.2) is 35.3 Å². The van der Waals surface area contributed by atoms with Crippen molar-refractivity contribution in [3.05, 3.63) is 30.1 Å². The number of nitrogens with one attached hydrogen (secondary N) is 2. The summed E-state index contributed by atoms with van der Waals surface area (Å²) in [5.41, 5.74) is 0.942. The van der Waals surface area contributed by atoms with E-state index in [-0.39, 0.29) is 18.6 Å². The Labute approximate surface area is 131 Å². The molecule has 1 atom stereocenters. The van der Waals surface area contributed by atoms with Crippen LogP contribution in [-0.2, 0) is 6.42 Å². The summed E-state index contributed by atoms with van der Waals surface area (Å²) >= 11 is 0. The molecule has 5 heteroatoms. The molecule has 2 saturated carbocycles. The van der Waals surface area contributed by atoms with E-state index in [0.717, 1.165) is 5.69 Å². The van der Waals surface area contributed by atoms with Crippen LogP contribution in [0.4, 0.5) is 4.79 Å². The molecule has 120 valence electrons. The molecule has 0 bridgehead atoms. The highest BCUT2D eigenvalue weighted by molar-refractivity contribution is 5.74. The Bertz CT molecular complexity index is 474. The molecule has 0 spiro atoms. The lowest BCUT2D eigenvalue weighted by Crippen LogP contribution is -2.46. The van der Waals surface area contributed by atoms with Gasteiger partial charge in [0, 0.05) is 37.0 Å². The van der Waals surface area contributed by atoms with Crippen molar-refractivity contribution in [2.24, 2.45) is 17.8 Å². The van der Waals surface area contributed by atoms with Crippen LogP contribution in [0.5, 0.6) is 0 Å². The number of carbonyl (C=O) groups excluding carboxylic acids is 1. The molecule has 3 N–H and O–H groups in total. The summed E-state index contributed by atoms with van der Waals surface area (Å²) in [5.74, 6) is 1.39. The SMILES string of the molecule is O=C(NCC(CO)Cc1ccccn1)NC(C1CC1)C1CC1. The molecule has 1 aromatic heterocycles. The summed E-state index contributed by atoms with van der Waals surface area (Å²) in [6.07, 6.45) is 7.42. The average Bonchev–Trinajstić information content (AvgIpc) is 3.42. The van der Waals surface area contributed by atoms with Crippen LogP contribution in [0, 0.1) is 17.8 Å². The number of nitrogens with zero attached hydrogens (tertiary/aromatic N) is 1. The molecule has 2 amide bonds. The highest BCUT2D eigenvalue weighted by Gasteiger charge is 2.42. The van der Waals surface area contributed by atoms with Crippen molar-refractivity contribution in [1.82, 2.24) is 15.6 Å². The predicted octanol–water partition coefficient (Wildman–Crippen LogP) is 1.72. The minimum Gasteiger partial charge on any atom is -0.396 e. The molecule has 0 radical (unpaired) electrons. The van der Waals surface area contributed by atoms with Gasteiger partial charge < -0.3 is 15.7 Å². The van der Waals surface area contributed by atoms with Gasteiger partial charge in [-0.05, 0) is 56.1 Å². The van der Waals surface area contributed by atoms with Gasteiger partial charge in [0.15, 0.2) is 0 Å². The van der Waals surface area contributed by atoms with Gasteiger partial charge in [-0.25, -0.2) is 4.79 Å². The maximum absolute atomic E-state index is 12.1. The molecule has 0 aliphatic heterocycles.